The number of carboxylic acid groups (broad SMARTS) is 3. The topological polar surface area (TPSA) is 457 Å². The molecule has 3 rings (SSSR count). The first-order valence-electron chi connectivity index (χ1n) is 18.8. The van der Waals surface area contributed by atoms with Crippen LogP contribution in [0.3, 0.4) is 0 Å². The Kier molecular flexibility index (Phi) is 18.0. The van der Waals surface area contributed by atoms with Gasteiger partial charge in [-0.25, -0.2) is 14.4 Å². The smallest absolute Gasteiger partial charge is 0.364 e. The van der Waals surface area contributed by atoms with Crippen LogP contribution in [0, 0.1) is 0 Å². The highest BCUT2D eigenvalue weighted by Gasteiger charge is 2.62. The lowest BCUT2D eigenvalue weighted by Gasteiger charge is -2.50. The number of hydrogen-bond acceptors (Lipinski definition) is 22. The van der Waals surface area contributed by atoms with Crippen LogP contribution in [0.4, 0.5) is 0 Å². The van der Waals surface area contributed by atoms with Crippen LogP contribution >= 0.6 is 0 Å². The van der Waals surface area contributed by atoms with Crippen molar-refractivity contribution in [2.75, 3.05) is 26.9 Å². The molecule has 0 unspecified atom stereocenters. The van der Waals surface area contributed by atoms with Crippen LogP contribution in [0.1, 0.15) is 40.0 Å². The van der Waals surface area contributed by atoms with Gasteiger partial charge in [-0.3, -0.25) is 14.4 Å². The molecule has 0 aromatic carbocycles. The lowest BCUT2D eigenvalue weighted by molar-refractivity contribution is -0.356. The minimum Gasteiger partial charge on any atom is -0.477 e. The van der Waals surface area contributed by atoms with E-state index in [1.807, 2.05) is 0 Å². The van der Waals surface area contributed by atoms with Gasteiger partial charge >= 0.3 is 17.9 Å². The number of rotatable bonds is 20. The Morgan fingerprint density at radius 3 is 1.10 bits per heavy atom. The van der Waals surface area contributed by atoms with Gasteiger partial charge in [0.15, 0.2) is 0 Å². The van der Waals surface area contributed by atoms with E-state index < -0.39 is 183 Å². The van der Waals surface area contributed by atoms with Gasteiger partial charge in [0.2, 0.25) is 17.7 Å². The van der Waals surface area contributed by atoms with E-state index in [-0.39, 0.29) is 0 Å². The average molecular weight is 906 g/mol. The zero-order valence-corrected chi connectivity index (χ0v) is 33.6. The maximum atomic E-state index is 13.1. The molecule has 3 fully saturated rings. The van der Waals surface area contributed by atoms with Crippen LogP contribution in [0.5, 0.6) is 0 Å². The quantitative estimate of drug-likeness (QED) is 0.0539. The Morgan fingerprint density at radius 1 is 0.548 bits per heavy atom. The van der Waals surface area contributed by atoms with Gasteiger partial charge in [0.05, 0.1) is 56.3 Å². The van der Waals surface area contributed by atoms with Crippen molar-refractivity contribution < 1.29 is 124 Å². The van der Waals surface area contributed by atoms with Crippen molar-refractivity contribution in [3.8, 4) is 0 Å². The Labute approximate surface area is 350 Å². The van der Waals surface area contributed by atoms with Crippen molar-refractivity contribution in [2.45, 2.75) is 149 Å². The first kappa shape index (κ1) is 52.5. The van der Waals surface area contributed by atoms with Crippen molar-refractivity contribution >= 4 is 35.6 Å². The molecule has 0 aliphatic carbocycles. The van der Waals surface area contributed by atoms with E-state index in [0.717, 1.165) is 27.9 Å². The van der Waals surface area contributed by atoms with Gasteiger partial charge < -0.3 is 111 Å². The van der Waals surface area contributed by atoms with E-state index in [1.54, 1.807) is 0 Å². The van der Waals surface area contributed by atoms with E-state index in [0.29, 0.717) is 0 Å². The summed E-state index contributed by atoms with van der Waals surface area (Å²) in [5.74, 6) is -17.9. The third kappa shape index (κ3) is 11.3. The third-order valence-electron chi connectivity index (χ3n) is 10.5. The van der Waals surface area contributed by atoms with Crippen molar-refractivity contribution in [3.05, 3.63) is 0 Å². The summed E-state index contributed by atoms with van der Waals surface area (Å²) >= 11 is 0. The number of aliphatic hydroxyl groups is 10. The summed E-state index contributed by atoms with van der Waals surface area (Å²) in [4.78, 5) is 74.4. The normalized spacial score (nSPS) is 36.8. The summed E-state index contributed by atoms with van der Waals surface area (Å²) in [5.41, 5.74) is 0. The van der Waals surface area contributed by atoms with Gasteiger partial charge in [0.1, 0.15) is 54.9 Å². The molecule has 3 aliphatic heterocycles. The SMILES string of the molecule is CO[C@]1(C(=O)O)C[C@H](O)[C@@H](NC(C)=O)[C@H]([C@H](O)[C@@H](CO)O[C@]2(C(=O)O)C[C@H](O)[C@@H](NC(C)=O)[C@H]([C@H](O)[C@@H](CO)O[C@]3(C(=O)O)C[C@H](O)[C@@H](NC(C)=O)[C@H]([C@H](O)[C@H](O)CO)O3)O2)O1. The number of nitrogens with one attached hydrogen (secondary N) is 3. The number of carboxylic acids is 3. The molecule has 0 radical (unpaired) electrons. The fourth-order valence-corrected chi connectivity index (χ4v) is 7.53. The largest absolute Gasteiger partial charge is 0.477 e. The molecule has 3 heterocycles. The molecule has 3 amide bonds. The second kappa shape index (κ2) is 21.2. The Hall–Kier alpha value is -3.82. The minimum absolute atomic E-state index is 0.820. The molecule has 18 atom stereocenters. The number of aliphatic hydroxyl groups excluding tert-OH is 10. The van der Waals surface area contributed by atoms with Gasteiger partial charge in [0, 0.05) is 47.1 Å². The Morgan fingerprint density at radius 2 is 0.839 bits per heavy atom. The van der Waals surface area contributed by atoms with E-state index in [2.05, 4.69) is 16.0 Å². The molecule has 0 aromatic heterocycles. The molecular weight excluding hydrogens is 850 g/mol. The number of methoxy groups -OCH3 is 1. The molecule has 0 spiro atoms. The summed E-state index contributed by atoms with van der Waals surface area (Å²) in [5, 5.41) is 145. The van der Waals surface area contributed by atoms with E-state index in [9.17, 15) is 95.2 Å². The summed E-state index contributed by atoms with van der Waals surface area (Å²) in [6.45, 7) is -1.08. The summed E-state index contributed by atoms with van der Waals surface area (Å²) in [6, 6.07) is -5.23. The fraction of sp³-hybridized carbons (Fsp3) is 0.824. The van der Waals surface area contributed by atoms with Crippen LogP contribution in [0.2, 0.25) is 0 Å². The van der Waals surface area contributed by atoms with E-state index in [1.165, 1.54) is 0 Å². The highest BCUT2D eigenvalue weighted by Crippen LogP contribution is 2.40. The van der Waals surface area contributed by atoms with Crippen molar-refractivity contribution in [1.82, 2.24) is 16.0 Å². The highest BCUT2D eigenvalue weighted by molar-refractivity contribution is 5.78. The number of aliphatic carboxylic acids is 3. The molecule has 62 heavy (non-hydrogen) atoms. The van der Waals surface area contributed by atoms with E-state index >= 15 is 0 Å². The molecule has 356 valence electrons. The first-order chi connectivity index (χ1) is 28.8. The molecule has 28 nitrogen and oxygen atoms in total. The monoisotopic (exact) mass is 905 g/mol. The molecule has 28 heteroatoms. The molecule has 0 bridgehead atoms. The van der Waals surface area contributed by atoms with Gasteiger partial charge in [0.25, 0.3) is 17.4 Å². The molecule has 16 N–H and O–H groups in total. The molecule has 0 aromatic rings. The standard InChI is InChI=1S/C34H55N3O25/c1-11(41)35-20-15(45)6-33(30(53)54,61-26(20)23(48)17(47)8-38)58-19(10-40)25(50)28-22(37-13(3)43)16(46)7-34(62-28,31(55)56)59-18(9-39)24(49)27-21(36-12(2)42)14(44)5-32(57-4,60-27)29(51)52/h14-28,38-40,44-50H,5-10H2,1-4H3,(H,35,41)(H,36,42)(H,37,43)(H,51,52)(H,53,54)(H,55,56)/t14-,15-,16-,17+,18+,19+,20+,21+,22+,23+,24+,25+,26+,27+,28+,32+,33+,34+/m0/s1. The van der Waals surface area contributed by atoms with E-state index in [4.69, 9.17) is 28.4 Å². The van der Waals surface area contributed by atoms with Gasteiger partial charge in [-0.15, -0.1) is 0 Å². The molecule has 0 saturated carbocycles. The van der Waals surface area contributed by atoms with Crippen LogP contribution in [0.15, 0.2) is 0 Å². The van der Waals surface area contributed by atoms with Gasteiger partial charge in [-0.05, 0) is 0 Å². The Bertz CT molecular complexity index is 1610. The first-order valence-corrected chi connectivity index (χ1v) is 18.8. The molecule has 3 saturated heterocycles. The second-order valence-electron chi connectivity index (χ2n) is 15.0. The summed E-state index contributed by atoms with van der Waals surface area (Å²) in [7, 11) is 0.868. The van der Waals surface area contributed by atoms with Crippen LogP contribution in [-0.4, -0.2) is 238 Å². The van der Waals surface area contributed by atoms with Crippen LogP contribution < -0.4 is 16.0 Å². The molecular formula is C34H55N3O25. The number of amides is 3. The molecule has 3 aliphatic rings. The summed E-state index contributed by atoms with van der Waals surface area (Å²) < 4.78 is 32.8. The number of ether oxygens (including phenoxy) is 6. The number of carbonyl (C=O) groups excluding carboxylic acids is 3. The van der Waals surface area contributed by atoms with Gasteiger partial charge in [-0.2, -0.15) is 0 Å². The minimum atomic E-state index is -3.32. The zero-order valence-electron chi connectivity index (χ0n) is 33.6. The van der Waals surface area contributed by atoms with Crippen LogP contribution in [0.25, 0.3) is 0 Å². The van der Waals surface area contributed by atoms with Crippen LogP contribution in [-0.2, 0) is 57.2 Å². The van der Waals surface area contributed by atoms with Crippen molar-refractivity contribution in [1.29, 1.82) is 0 Å². The number of hydrogen-bond donors (Lipinski definition) is 16. The predicted molar refractivity (Wildman–Crippen MR) is 192 cm³/mol. The average Bonchev–Trinajstić information content (AvgIpc) is 3.19. The lowest BCUT2D eigenvalue weighted by atomic mass is 9.86. The predicted octanol–water partition coefficient (Wildman–Crippen LogP) is -8.87. The second-order valence-corrected chi connectivity index (χ2v) is 15.0. The summed E-state index contributed by atoms with van der Waals surface area (Å²) in [6.07, 6.45) is -29.7. The maximum Gasteiger partial charge on any atom is 0.364 e. The number of carbonyl (C=O) groups is 6. The van der Waals surface area contributed by atoms with Gasteiger partial charge in [-0.1, -0.05) is 0 Å². The van der Waals surface area contributed by atoms with Crippen molar-refractivity contribution in [2.24, 2.45) is 0 Å². The fourth-order valence-electron chi connectivity index (χ4n) is 7.53. The zero-order chi connectivity index (χ0) is 47.2. The highest BCUT2D eigenvalue weighted by atomic mass is 16.8. The third-order valence-corrected chi connectivity index (χ3v) is 10.5. The lowest BCUT2D eigenvalue weighted by Crippen LogP contribution is -2.71. The maximum absolute atomic E-state index is 13.1. The Balaban J connectivity index is 2.10. The van der Waals surface area contributed by atoms with Crippen molar-refractivity contribution in [3.63, 3.8) is 0 Å².